The molecule has 0 radical (unpaired) electrons. The summed E-state index contributed by atoms with van der Waals surface area (Å²) in [5, 5.41) is 3.66. The van der Waals surface area contributed by atoms with Crippen molar-refractivity contribution < 1.29 is 0 Å². The summed E-state index contributed by atoms with van der Waals surface area (Å²) in [5.74, 6) is 0. The molecule has 0 spiro atoms. The molecule has 1 N–H and O–H groups in total. The van der Waals surface area contributed by atoms with Crippen LogP contribution in [-0.2, 0) is 6.54 Å². The van der Waals surface area contributed by atoms with Crippen LogP contribution in [0.25, 0.3) is 0 Å². The number of piperidine rings is 1. The number of rotatable bonds is 5. The molecule has 0 aromatic heterocycles. The van der Waals surface area contributed by atoms with Crippen molar-refractivity contribution in [1.82, 2.24) is 5.32 Å². The molecule has 1 aliphatic carbocycles. The summed E-state index contributed by atoms with van der Waals surface area (Å²) in [6, 6.07) is 10.5. The molecule has 2 nitrogen and oxygen atoms in total. The van der Waals surface area contributed by atoms with Crippen molar-refractivity contribution in [3.63, 3.8) is 0 Å². The first-order chi connectivity index (χ1) is 9.38. The maximum Gasteiger partial charge on any atom is 0.0414 e. The van der Waals surface area contributed by atoms with Crippen LogP contribution in [0, 0.1) is 0 Å². The quantitative estimate of drug-likeness (QED) is 0.866. The predicted molar refractivity (Wildman–Crippen MR) is 81.6 cm³/mol. The third kappa shape index (κ3) is 3.11. The summed E-state index contributed by atoms with van der Waals surface area (Å²) in [6.45, 7) is 4.60. The minimum atomic E-state index is 0.746. The first-order valence-electron chi connectivity index (χ1n) is 7.96. The number of nitrogens with one attached hydrogen (secondary N) is 1. The second kappa shape index (κ2) is 5.96. The second-order valence-electron chi connectivity index (χ2n) is 6.04. The first-order valence-corrected chi connectivity index (χ1v) is 7.96. The SMILES string of the molecule is CCC1CCCCN1c1ccccc1CNC1CC1. The molecule has 2 heteroatoms. The molecule has 1 aliphatic heterocycles. The van der Waals surface area contributed by atoms with Gasteiger partial charge in [-0.25, -0.2) is 0 Å². The van der Waals surface area contributed by atoms with Crippen molar-refractivity contribution >= 4 is 5.69 Å². The maximum absolute atomic E-state index is 3.66. The van der Waals surface area contributed by atoms with Crippen LogP contribution in [-0.4, -0.2) is 18.6 Å². The van der Waals surface area contributed by atoms with Gasteiger partial charge >= 0.3 is 0 Å². The highest BCUT2D eigenvalue weighted by Gasteiger charge is 2.24. The van der Waals surface area contributed by atoms with Crippen molar-refractivity contribution in [2.24, 2.45) is 0 Å². The fourth-order valence-electron chi connectivity index (χ4n) is 3.22. The van der Waals surface area contributed by atoms with E-state index in [1.165, 1.54) is 56.3 Å². The Morgan fingerprint density at radius 3 is 2.79 bits per heavy atom. The first kappa shape index (κ1) is 13.0. The molecule has 104 valence electrons. The van der Waals surface area contributed by atoms with Crippen molar-refractivity contribution in [3.05, 3.63) is 29.8 Å². The molecule has 0 bridgehead atoms. The van der Waals surface area contributed by atoms with Crippen LogP contribution >= 0.6 is 0 Å². The van der Waals surface area contributed by atoms with Gasteiger partial charge in [0.2, 0.25) is 0 Å². The summed E-state index contributed by atoms with van der Waals surface area (Å²) in [5.41, 5.74) is 2.96. The molecule has 1 unspecified atom stereocenters. The monoisotopic (exact) mass is 258 g/mol. The lowest BCUT2D eigenvalue weighted by Crippen LogP contribution is -2.39. The number of nitrogens with zero attached hydrogens (tertiary/aromatic N) is 1. The summed E-state index contributed by atoms with van der Waals surface area (Å²) >= 11 is 0. The average Bonchev–Trinajstić information content (AvgIpc) is 3.29. The number of para-hydroxylation sites is 1. The summed E-state index contributed by atoms with van der Waals surface area (Å²) < 4.78 is 0. The van der Waals surface area contributed by atoms with E-state index < -0.39 is 0 Å². The molecular formula is C17H26N2. The van der Waals surface area contributed by atoms with Gasteiger partial charge in [-0.3, -0.25) is 0 Å². The van der Waals surface area contributed by atoms with Crippen LogP contribution < -0.4 is 10.2 Å². The van der Waals surface area contributed by atoms with Crippen LogP contribution in [0.5, 0.6) is 0 Å². The molecule has 1 heterocycles. The molecule has 1 atom stereocenters. The lowest BCUT2D eigenvalue weighted by atomic mass is 9.98. The van der Waals surface area contributed by atoms with E-state index in [1.807, 2.05) is 0 Å². The van der Waals surface area contributed by atoms with E-state index in [0.717, 1.165) is 18.6 Å². The van der Waals surface area contributed by atoms with Crippen molar-refractivity contribution in [1.29, 1.82) is 0 Å². The van der Waals surface area contributed by atoms with Gasteiger partial charge in [0.05, 0.1) is 0 Å². The highest BCUT2D eigenvalue weighted by Crippen LogP contribution is 2.30. The van der Waals surface area contributed by atoms with Crippen molar-refractivity contribution in [2.75, 3.05) is 11.4 Å². The Morgan fingerprint density at radius 2 is 2.00 bits per heavy atom. The highest BCUT2D eigenvalue weighted by atomic mass is 15.2. The zero-order valence-corrected chi connectivity index (χ0v) is 12.1. The molecule has 1 aromatic rings. The predicted octanol–water partition coefficient (Wildman–Crippen LogP) is 3.71. The van der Waals surface area contributed by atoms with E-state index in [0.29, 0.717) is 0 Å². The number of anilines is 1. The fourth-order valence-corrected chi connectivity index (χ4v) is 3.22. The highest BCUT2D eigenvalue weighted by molar-refractivity contribution is 5.54. The van der Waals surface area contributed by atoms with Crippen LogP contribution in [0.1, 0.15) is 51.0 Å². The molecule has 2 fully saturated rings. The third-order valence-electron chi connectivity index (χ3n) is 4.56. The number of benzene rings is 1. The Bertz CT molecular complexity index is 411. The van der Waals surface area contributed by atoms with E-state index >= 15 is 0 Å². The van der Waals surface area contributed by atoms with E-state index in [1.54, 1.807) is 0 Å². The molecule has 3 rings (SSSR count). The zero-order valence-electron chi connectivity index (χ0n) is 12.1. The summed E-state index contributed by atoms with van der Waals surface area (Å²) in [7, 11) is 0. The Hall–Kier alpha value is -1.02. The lowest BCUT2D eigenvalue weighted by Gasteiger charge is -2.38. The lowest BCUT2D eigenvalue weighted by molar-refractivity contribution is 0.448. The van der Waals surface area contributed by atoms with Gasteiger partial charge in [0.1, 0.15) is 0 Å². The normalized spacial score (nSPS) is 23.6. The Kier molecular flexibility index (Phi) is 4.07. The third-order valence-corrected chi connectivity index (χ3v) is 4.56. The van der Waals surface area contributed by atoms with E-state index in [-0.39, 0.29) is 0 Å². The van der Waals surface area contributed by atoms with Crippen LogP contribution in [0.2, 0.25) is 0 Å². The molecule has 0 amide bonds. The minimum Gasteiger partial charge on any atom is -0.368 e. The summed E-state index contributed by atoms with van der Waals surface area (Å²) in [6.07, 6.45) is 8.11. The largest absolute Gasteiger partial charge is 0.368 e. The molecule has 19 heavy (non-hydrogen) atoms. The Morgan fingerprint density at radius 1 is 1.16 bits per heavy atom. The van der Waals surface area contributed by atoms with Gasteiger partial charge in [0.15, 0.2) is 0 Å². The van der Waals surface area contributed by atoms with Crippen molar-refractivity contribution in [3.8, 4) is 0 Å². The van der Waals surface area contributed by atoms with Crippen LogP contribution in [0.3, 0.4) is 0 Å². The van der Waals surface area contributed by atoms with Gasteiger partial charge in [-0.15, -0.1) is 0 Å². The Balaban J connectivity index is 1.76. The Labute approximate surface area is 117 Å². The van der Waals surface area contributed by atoms with Gasteiger partial charge in [0.25, 0.3) is 0 Å². The van der Waals surface area contributed by atoms with Crippen molar-refractivity contribution in [2.45, 2.75) is 64.1 Å². The molecular weight excluding hydrogens is 232 g/mol. The molecule has 2 aliphatic rings. The summed E-state index contributed by atoms with van der Waals surface area (Å²) in [4.78, 5) is 2.66. The fraction of sp³-hybridized carbons (Fsp3) is 0.647. The average molecular weight is 258 g/mol. The molecule has 1 saturated carbocycles. The standard InChI is InChI=1S/C17H26N2/c1-2-16-8-5-6-12-19(16)17-9-4-3-7-14(17)13-18-15-10-11-15/h3-4,7,9,15-16,18H,2,5-6,8,10-13H2,1H3. The topological polar surface area (TPSA) is 15.3 Å². The smallest absolute Gasteiger partial charge is 0.0414 e. The van der Waals surface area contributed by atoms with Gasteiger partial charge in [-0.1, -0.05) is 25.1 Å². The van der Waals surface area contributed by atoms with Gasteiger partial charge < -0.3 is 10.2 Å². The molecule has 1 saturated heterocycles. The van der Waals surface area contributed by atoms with Gasteiger partial charge in [0, 0.05) is 30.9 Å². The molecule has 1 aromatic carbocycles. The number of hydrogen-bond acceptors (Lipinski definition) is 2. The van der Waals surface area contributed by atoms with E-state index in [4.69, 9.17) is 0 Å². The van der Waals surface area contributed by atoms with Crippen LogP contribution in [0.4, 0.5) is 5.69 Å². The van der Waals surface area contributed by atoms with E-state index in [9.17, 15) is 0 Å². The van der Waals surface area contributed by atoms with Gasteiger partial charge in [-0.05, 0) is 50.2 Å². The second-order valence-corrected chi connectivity index (χ2v) is 6.04. The van der Waals surface area contributed by atoms with E-state index in [2.05, 4.69) is 41.4 Å². The maximum atomic E-state index is 3.66. The minimum absolute atomic E-state index is 0.746. The number of hydrogen-bond donors (Lipinski definition) is 1. The van der Waals surface area contributed by atoms with Crippen LogP contribution in [0.15, 0.2) is 24.3 Å². The zero-order chi connectivity index (χ0) is 13.1. The van der Waals surface area contributed by atoms with Gasteiger partial charge in [-0.2, -0.15) is 0 Å².